The van der Waals surface area contributed by atoms with Gasteiger partial charge in [0.25, 0.3) is 0 Å². The van der Waals surface area contributed by atoms with Gasteiger partial charge < -0.3 is 49.1 Å². The average molecular weight is 579 g/mol. The number of guanidine groups is 1. The van der Waals surface area contributed by atoms with E-state index in [9.17, 15) is 34.2 Å². The molecule has 4 amide bonds. The number of hydrogen-bond donors (Lipinski definition) is 9. The summed E-state index contributed by atoms with van der Waals surface area (Å²) in [6, 6.07) is 1.18. The normalized spacial score (nSPS) is 14.4. The van der Waals surface area contributed by atoms with Gasteiger partial charge in [0.15, 0.2) is 5.96 Å². The smallest absolute Gasteiger partial charge is 0.326 e. The summed E-state index contributed by atoms with van der Waals surface area (Å²) in [5.74, 6) is -4.64. The number of nitrogens with zero attached hydrogens (tertiary/aromatic N) is 1. The molecule has 0 bridgehead atoms. The first-order chi connectivity index (χ1) is 19.2. The lowest BCUT2D eigenvalue weighted by molar-refractivity contribution is -0.142. The predicted molar refractivity (Wildman–Crippen MR) is 151 cm³/mol. The van der Waals surface area contributed by atoms with Crippen molar-refractivity contribution in [2.45, 2.75) is 76.5 Å². The first-order valence-corrected chi connectivity index (χ1v) is 13.3. The van der Waals surface area contributed by atoms with Gasteiger partial charge in [-0.1, -0.05) is 32.4 Å². The quantitative estimate of drug-likeness (QED) is 0.0533. The molecular weight excluding hydrogens is 536 g/mol. The van der Waals surface area contributed by atoms with Gasteiger partial charge in [0.2, 0.25) is 23.6 Å². The number of phenols is 1. The maximum Gasteiger partial charge on any atom is 0.326 e. The monoisotopic (exact) mass is 578 g/mol. The summed E-state index contributed by atoms with van der Waals surface area (Å²) in [7, 11) is 0. The van der Waals surface area contributed by atoms with E-state index in [1.807, 2.05) is 6.92 Å². The number of benzene rings is 1. The molecule has 0 heterocycles. The van der Waals surface area contributed by atoms with Crippen molar-refractivity contribution < 1.29 is 34.2 Å². The van der Waals surface area contributed by atoms with Crippen molar-refractivity contribution in [3.8, 4) is 5.75 Å². The van der Waals surface area contributed by atoms with Crippen molar-refractivity contribution in [3.63, 3.8) is 0 Å². The van der Waals surface area contributed by atoms with E-state index in [2.05, 4.69) is 20.9 Å². The van der Waals surface area contributed by atoms with Crippen LogP contribution in [-0.2, 0) is 30.4 Å². The number of hydrogen-bond acceptors (Lipinski definition) is 8. The van der Waals surface area contributed by atoms with Crippen LogP contribution < -0.4 is 38.9 Å². The van der Waals surface area contributed by atoms with Crippen molar-refractivity contribution in [1.82, 2.24) is 16.0 Å². The van der Waals surface area contributed by atoms with Crippen molar-refractivity contribution in [3.05, 3.63) is 29.8 Å². The molecule has 1 aromatic rings. The Balaban J connectivity index is 3.11. The van der Waals surface area contributed by atoms with E-state index in [1.165, 1.54) is 12.1 Å². The molecule has 0 aromatic heterocycles. The minimum absolute atomic E-state index is 0.00892. The number of phenolic OH excluding ortho intramolecular Hbond substituents is 1. The summed E-state index contributed by atoms with van der Waals surface area (Å²) in [5.41, 5.74) is 22.2. The third-order valence-corrected chi connectivity index (χ3v) is 6.40. The highest BCUT2D eigenvalue weighted by Gasteiger charge is 2.32. The van der Waals surface area contributed by atoms with Gasteiger partial charge in [-0.3, -0.25) is 24.2 Å². The van der Waals surface area contributed by atoms with Crippen LogP contribution >= 0.6 is 0 Å². The second-order valence-corrected chi connectivity index (χ2v) is 9.76. The van der Waals surface area contributed by atoms with Crippen molar-refractivity contribution in [1.29, 1.82) is 0 Å². The zero-order chi connectivity index (χ0) is 31.1. The number of carboxylic acids is 1. The third-order valence-electron chi connectivity index (χ3n) is 6.40. The molecule has 0 fully saturated rings. The largest absolute Gasteiger partial charge is 0.508 e. The molecule has 1 rings (SSSR count). The Hall–Kier alpha value is -4.40. The number of carboxylic acid groups (broad SMARTS) is 1. The minimum atomic E-state index is -1.43. The fourth-order valence-electron chi connectivity index (χ4n) is 3.77. The molecule has 0 saturated heterocycles. The van der Waals surface area contributed by atoms with Gasteiger partial charge >= 0.3 is 5.97 Å². The Bertz CT molecular complexity index is 1080. The molecule has 5 atom stereocenters. The van der Waals surface area contributed by atoms with E-state index in [0.29, 0.717) is 18.4 Å². The molecule has 0 aliphatic rings. The molecule has 228 valence electrons. The SMILES string of the molecule is CCC(C)C(NC(=O)C(N)CCCN=C(N)N)C(=O)NC(Cc1ccc(O)cc1)C(=O)NC(CCC(N)=O)C(=O)O. The number of rotatable bonds is 18. The molecule has 5 unspecified atom stereocenters. The first-order valence-electron chi connectivity index (χ1n) is 13.3. The van der Waals surface area contributed by atoms with Crippen LogP contribution in [0.5, 0.6) is 5.75 Å². The highest BCUT2D eigenvalue weighted by atomic mass is 16.4. The van der Waals surface area contributed by atoms with E-state index in [-0.39, 0.29) is 49.9 Å². The van der Waals surface area contributed by atoms with Crippen LogP contribution in [0.3, 0.4) is 0 Å². The van der Waals surface area contributed by atoms with E-state index in [0.717, 1.165) is 0 Å². The number of aromatic hydroxyl groups is 1. The van der Waals surface area contributed by atoms with Crippen molar-refractivity contribution in [2.75, 3.05) is 6.54 Å². The molecule has 13 N–H and O–H groups in total. The zero-order valence-corrected chi connectivity index (χ0v) is 23.3. The van der Waals surface area contributed by atoms with Gasteiger partial charge in [-0.15, -0.1) is 0 Å². The molecule has 0 radical (unpaired) electrons. The lowest BCUT2D eigenvalue weighted by Crippen LogP contribution is -2.59. The number of aliphatic carboxylic acids is 1. The molecule has 0 saturated carbocycles. The fraction of sp³-hybridized carbons (Fsp3) is 0.538. The maximum absolute atomic E-state index is 13.4. The summed E-state index contributed by atoms with van der Waals surface area (Å²) in [6.07, 6.45) is 0.601. The molecule has 0 aliphatic carbocycles. The van der Waals surface area contributed by atoms with E-state index in [1.54, 1.807) is 19.1 Å². The van der Waals surface area contributed by atoms with Crippen LogP contribution in [0.1, 0.15) is 51.5 Å². The molecule has 41 heavy (non-hydrogen) atoms. The molecular formula is C26H42N8O7. The highest BCUT2D eigenvalue weighted by Crippen LogP contribution is 2.14. The maximum atomic E-state index is 13.4. The summed E-state index contributed by atoms with van der Waals surface area (Å²) in [5, 5.41) is 26.7. The van der Waals surface area contributed by atoms with Gasteiger partial charge in [0.05, 0.1) is 6.04 Å². The highest BCUT2D eigenvalue weighted by molar-refractivity contribution is 5.94. The van der Waals surface area contributed by atoms with Gasteiger partial charge in [0.1, 0.15) is 23.9 Å². The van der Waals surface area contributed by atoms with E-state index >= 15 is 0 Å². The fourth-order valence-corrected chi connectivity index (χ4v) is 3.77. The summed E-state index contributed by atoms with van der Waals surface area (Å²) < 4.78 is 0. The molecule has 0 spiro atoms. The van der Waals surface area contributed by atoms with Gasteiger partial charge in [0, 0.05) is 19.4 Å². The predicted octanol–water partition coefficient (Wildman–Crippen LogP) is -1.83. The first kappa shape index (κ1) is 34.6. The molecule has 1 aromatic carbocycles. The van der Waals surface area contributed by atoms with E-state index in [4.69, 9.17) is 22.9 Å². The van der Waals surface area contributed by atoms with Crippen LogP contribution in [-0.4, -0.2) is 76.5 Å². The molecule has 15 heteroatoms. The standard InChI is InChI=1S/C26H42N8O7/c1-3-14(2)21(34-22(37)17(27)5-4-12-31-26(29)30)24(39)33-19(13-15-6-8-16(35)9-7-15)23(38)32-18(25(40)41)10-11-20(28)36/h6-9,14,17-19,21,35H,3-5,10-13,27H2,1-2H3,(H2,28,36)(H,32,38)(H,33,39)(H,34,37)(H,40,41)(H4,29,30,31). The summed E-state index contributed by atoms with van der Waals surface area (Å²) >= 11 is 0. The van der Waals surface area contributed by atoms with Crippen molar-refractivity contribution >= 4 is 35.6 Å². The van der Waals surface area contributed by atoms with Crippen LogP contribution in [0.25, 0.3) is 0 Å². The number of carbonyl (C=O) groups excluding carboxylic acids is 4. The molecule has 15 nitrogen and oxygen atoms in total. The minimum Gasteiger partial charge on any atom is -0.508 e. The Kier molecular flexibility index (Phi) is 14.6. The number of aliphatic imine (C=N–C) groups is 1. The Labute approximate surface area is 238 Å². The van der Waals surface area contributed by atoms with Crippen LogP contribution in [0, 0.1) is 5.92 Å². The Morgan fingerprint density at radius 1 is 0.902 bits per heavy atom. The zero-order valence-electron chi connectivity index (χ0n) is 23.3. The van der Waals surface area contributed by atoms with Gasteiger partial charge in [-0.2, -0.15) is 0 Å². The third kappa shape index (κ3) is 13.0. The summed E-state index contributed by atoms with van der Waals surface area (Å²) in [4.78, 5) is 66.1. The van der Waals surface area contributed by atoms with Crippen LogP contribution in [0.4, 0.5) is 0 Å². The van der Waals surface area contributed by atoms with Crippen LogP contribution in [0.15, 0.2) is 29.3 Å². The lowest BCUT2D eigenvalue weighted by Gasteiger charge is -2.28. The topological polar surface area (TPSA) is 278 Å². The number of nitrogens with one attached hydrogen (secondary N) is 3. The number of carbonyl (C=O) groups is 5. The van der Waals surface area contributed by atoms with E-state index < -0.39 is 53.8 Å². The number of amides is 4. The number of primary amides is 1. The Morgan fingerprint density at radius 3 is 2.05 bits per heavy atom. The lowest BCUT2D eigenvalue weighted by atomic mass is 9.96. The molecule has 0 aliphatic heterocycles. The second kappa shape index (κ2) is 17.3. The second-order valence-electron chi connectivity index (χ2n) is 9.76. The van der Waals surface area contributed by atoms with Gasteiger partial charge in [-0.05, 0) is 42.9 Å². The average Bonchev–Trinajstić information content (AvgIpc) is 2.91. The van der Waals surface area contributed by atoms with Gasteiger partial charge in [-0.25, -0.2) is 4.79 Å². The summed E-state index contributed by atoms with van der Waals surface area (Å²) in [6.45, 7) is 3.85. The van der Waals surface area contributed by atoms with Crippen molar-refractivity contribution in [2.24, 2.45) is 33.8 Å². The Morgan fingerprint density at radius 2 is 1.51 bits per heavy atom. The number of nitrogens with two attached hydrogens (primary N) is 4. The van der Waals surface area contributed by atoms with Crippen LogP contribution in [0.2, 0.25) is 0 Å².